The standard InChI is InChI=1S/C9H6N4O3S2/c10-8-11-12-9(18-8)17-7-2-1-6(13(15)16)3-5(7)4-14/h1-4H,(H2,10,11). The van der Waals surface area contributed by atoms with Gasteiger partial charge in [0.15, 0.2) is 10.6 Å². The lowest BCUT2D eigenvalue weighted by Crippen LogP contribution is -1.91. The number of nitro benzene ring substituents is 1. The Balaban J connectivity index is 2.33. The molecule has 18 heavy (non-hydrogen) atoms. The topological polar surface area (TPSA) is 112 Å². The number of carbonyl (C=O) groups excluding carboxylic acids is 1. The summed E-state index contributed by atoms with van der Waals surface area (Å²) in [5.41, 5.74) is 5.55. The van der Waals surface area contributed by atoms with Crippen molar-refractivity contribution in [3.8, 4) is 0 Å². The molecule has 0 unspecified atom stereocenters. The van der Waals surface area contributed by atoms with E-state index < -0.39 is 4.92 Å². The van der Waals surface area contributed by atoms with Crippen molar-refractivity contribution < 1.29 is 9.72 Å². The largest absolute Gasteiger partial charge is 0.374 e. The molecule has 1 aromatic carbocycles. The van der Waals surface area contributed by atoms with E-state index in [9.17, 15) is 14.9 Å². The molecule has 7 nitrogen and oxygen atoms in total. The van der Waals surface area contributed by atoms with Gasteiger partial charge in [-0.05, 0) is 6.07 Å². The van der Waals surface area contributed by atoms with Gasteiger partial charge in [-0.25, -0.2) is 0 Å². The number of anilines is 1. The number of aldehydes is 1. The Morgan fingerprint density at radius 3 is 2.78 bits per heavy atom. The van der Waals surface area contributed by atoms with Crippen molar-refractivity contribution >= 4 is 40.2 Å². The van der Waals surface area contributed by atoms with Crippen molar-refractivity contribution in [1.29, 1.82) is 0 Å². The summed E-state index contributed by atoms with van der Waals surface area (Å²) < 4.78 is 0.574. The summed E-state index contributed by atoms with van der Waals surface area (Å²) >= 11 is 2.37. The Labute approximate surface area is 109 Å². The van der Waals surface area contributed by atoms with Gasteiger partial charge in [0.1, 0.15) is 0 Å². The Kier molecular flexibility index (Phi) is 3.53. The van der Waals surface area contributed by atoms with Crippen LogP contribution < -0.4 is 5.73 Å². The normalized spacial score (nSPS) is 10.2. The second-order valence-corrected chi connectivity index (χ2v) is 5.40. The highest BCUT2D eigenvalue weighted by atomic mass is 32.2. The minimum Gasteiger partial charge on any atom is -0.374 e. The minimum atomic E-state index is -0.551. The molecule has 0 fully saturated rings. The summed E-state index contributed by atoms with van der Waals surface area (Å²) in [6, 6.07) is 4.06. The van der Waals surface area contributed by atoms with Gasteiger partial charge in [-0.1, -0.05) is 23.1 Å². The number of nitrogens with two attached hydrogens (primary N) is 1. The maximum absolute atomic E-state index is 10.9. The first-order valence-corrected chi connectivity index (χ1v) is 6.24. The molecular weight excluding hydrogens is 276 g/mol. The third-order valence-corrected chi connectivity index (χ3v) is 3.85. The van der Waals surface area contributed by atoms with Crippen molar-refractivity contribution in [3.05, 3.63) is 33.9 Å². The molecular formula is C9H6N4O3S2. The number of hydrogen-bond donors (Lipinski definition) is 1. The third kappa shape index (κ3) is 2.63. The van der Waals surface area contributed by atoms with Gasteiger partial charge in [-0.3, -0.25) is 14.9 Å². The van der Waals surface area contributed by atoms with Crippen LogP contribution in [-0.2, 0) is 0 Å². The summed E-state index contributed by atoms with van der Waals surface area (Å²) in [5.74, 6) is 0. The van der Waals surface area contributed by atoms with E-state index in [1.54, 1.807) is 0 Å². The highest BCUT2D eigenvalue weighted by Gasteiger charge is 2.13. The van der Waals surface area contributed by atoms with E-state index in [4.69, 9.17) is 5.73 Å². The second kappa shape index (κ2) is 5.10. The van der Waals surface area contributed by atoms with Gasteiger partial charge in [0.05, 0.1) is 4.92 Å². The van der Waals surface area contributed by atoms with Crippen molar-refractivity contribution in [3.63, 3.8) is 0 Å². The molecule has 0 aliphatic carbocycles. The van der Waals surface area contributed by atoms with Crippen molar-refractivity contribution in [2.75, 3.05) is 5.73 Å². The van der Waals surface area contributed by atoms with Crippen LogP contribution in [-0.4, -0.2) is 21.4 Å². The second-order valence-electron chi connectivity index (χ2n) is 3.11. The maximum Gasteiger partial charge on any atom is 0.270 e. The fourth-order valence-electron chi connectivity index (χ4n) is 1.19. The molecule has 0 bridgehead atoms. The van der Waals surface area contributed by atoms with E-state index in [0.29, 0.717) is 20.7 Å². The van der Waals surface area contributed by atoms with Crippen LogP contribution in [0.25, 0.3) is 0 Å². The van der Waals surface area contributed by atoms with E-state index in [2.05, 4.69) is 10.2 Å². The molecule has 0 amide bonds. The summed E-state index contributed by atoms with van der Waals surface area (Å²) in [4.78, 5) is 21.5. The molecule has 2 N–H and O–H groups in total. The van der Waals surface area contributed by atoms with Crippen LogP contribution in [0.1, 0.15) is 10.4 Å². The zero-order chi connectivity index (χ0) is 13.1. The predicted molar refractivity (Wildman–Crippen MR) is 66.9 cm³/mol. The van der Waals surface area contributed by atoms with Crippen LogP contribution in [0.15, 0.2) is 27.4 Å². The van der Waals surface area contributed by atoms with Crippen LogP contribution in [0.4, 0.5) is 10.8 Å². The third-order valence-electron chi connectivity index (χ3n) is 1.95. The van der Waals surface area contributed by atoms with Gasteiger partial charge >= 0.3 is 0 Å². The number of carbonyl (C=O) groups is 1. The van der Waals surface area contributed by atoms with E-state index in [-0.39, 0.29) is 11.3 Å². The molecule has 2 aromatic rings. The smallest absolute Gasteiger partial charge is 0.270 e. The first kappa shape index (κ1) is 12.5. The lowest BCUT2D eigenvalue weighted by Gasteiger charge is -2.01. The van der Waals surface area contributed by atoms with E-state index >= 15 is 0 Å². The number of rotatable bonds is 4. The molecule has 2 rings (SSSR count). The van der Waals surface area contributed by atoms with Crippen LogP contribution in [0.2, 0.25) is 0 Å². The fourth-order valence-corrected chi connectivity index (χ4v) is 2.86. The average molecular weight is 282 g/mol. The minimum absolute atomic E-state index is 0.127. The Bertz CT molecular complexity index is 614. The molecule has 0 radical (unpaired) electrons. The monoisotopic (exact) mass is 282 g/mol. The highest BCUT2D eigenvalue weighted by Crippen LogP contribution is 2.33. The van der Waals surface area contributed by atoms with Gasteiger partial charge in [-0.15, -0.1) is 10.2 Å². The van der Waals surface area contributed by atoms with E-state index in [1.165, 1.54) is 41.3 Å². The lowest BCUT2D eigenvalue weighted by atomic mass is 10.2. The van der Waals surface area contributed by atoms with Gasteiger partial charge in [0.25, 0.3) is 5.69 Å². The number of hydrogen-bond acceptors (Lipinski definition) is 8. The first-order valence-electron chi connectivity index (χ1n) is 4.60. The molecule has 0 spiro atoms. The number of aromatic nitrogens is 2. The SMILES string of the molecule is Nc1nnc(Sc2ccc([N+](=O)[O-])cc2C=O)s1. The van der Waals surface area contributed by atoms with Crippen LogP contribution >= 0.6 is 23.1 Å². The number of nitrogen functional groups attached to an aromatic ring is 1. The van der Waals surface area contributed by atoms with Crippen molar-refractivity contribution in [2.45, 2.75) is 9.24 Å². The Morgan fingerprint density at radius 2 is 2.22 bits per heavy atom. The quantitative estimate of drug-likeness (QED) is 0.518. The van der Waals surface area contributed by atoms with E-state index in [1.807, 2.05) is 0 Å². The van der Waals surface area contributed by atoms with Gasteiger partial charge in [0.2, 0.25) is 5.13 Å². The summed E-state index contributed by atoms with van der Waals surface area (Å²) in [6.07, 6.45) is 0.569. The number of non-ortho nitro benzene ring substituents is 1. The molecule has 9 heteroatoms. The molecule has 0 atom stereocenters. The number of nitrogens with zero attached hydrogens (tertiary/aromatic N) is 3. The highest BCUT2D eigenvalue weighted by molar-refractivity contribution is 8.01. The predicted octanol–water partition coefficient (Wildman–Crippen LogP) is 1.99. The Hall–Kier alpha value is -2.00. The molecule has 1 aromatic heterocycles. The fraction of sp³-hybridized carbons (Fsp3) is 0. The van der Waals surface area contributed by atoms with Gasteiger partial charge in [-0.2, -0.15) is 0 Å². The molecule has 0 aliphatic heterocycles. The summed E-state index contributed by atoms with van der Waals surface area (Å²) in [7, 11) is 0. The molecule has 0 saturated heterocycles. The average Bonchev–Trinajstić information content (AvgIpc) is 2.75. The maximum atomic E-state index is 10.9. The molecule has 0 saturated carbocycles. The molecule has 1 heterocycles. The van der Waals surface area contributed by atoms with Gasteiger partial charge in [0, 0.05) is 22.6 Å². The Morgan fingerprint density at radius 1 is 1.44 bits per heavy atom. The zero-order valence-electron chi connectivity index (χ0n) is 8.77. The zero-order valence-corrected chi connectivity index (χ0v) is 10.4. The number of benzene rings is 1. The van der Waals surface area contributed by atoms with Crippen LogP contribution in [0.5, 0.6) is 0 Å². The lowest BCUT2D eigenvalue weighted by molar-refractivity contribution is -0.384. The van der Waals surface area contributed by atoms with Gasteiger partial charge < -0.3 is 5.73 Å². The van der Waals surface area contributed by atoms with Crippen LogP contribution in [0.3, 0.4) is 0 Å². The molecule has 0 aliphatic rings. The first-order chi connectivity index (χ1) is 8.60. The summed E-state index contributed by atoms with van der Waals surface area (Å²) in [5, 5.41) is 18.4. The summed E-state index contributed by atoms with van der Waals surface area (Å²) in [6.45, 7) is 0. The number of nitro groups is 1. The van der Waals surface area contributed by atoms with Crippen LogP contribution in [0, 0.1) is 10.1 Å². The van der Waals surface area contributed by atoms with E-state index in [0.717, 1.165) is 0 Å². The van der Waals surface area contributed by atoms with Crippen molar-refractivity contribution in [1.82, 2.24) is 10.2 Å². The molecule has 92 valence electrons. The van der Waals surface area contributed by atoms with Crippen molar-refractivity contribution in [2.24, 2.45) is 0 Å².